The van der Waals surface area contributed by atoms with Crippen LogP contribution in [0, 0.1) is 6.92 Å². The van der Waals surface area contributed by atoms with Crippen molar-refractivity contribution in [1.82, 2.24) is 19.3 Å². The topological polar surface area (TPSA) is 96.6 Å². The minimum absolute atomic E-state index is 0.0757. The smallest absolute Gasteiger partial charge is 0.243 e. The van der Waals surface area contributed by atoms with Crippen molar-refractivity contribution in [2.45, 2.75) is 63.3 Å². The largest absolute Gasteiger partial charge is 0.340 e. The number of benzene rings is 1. The van der Waals surface area contributed by atoms with Crippen LogP contribution in [0.5, 0.6) is 0 Å². The average Bonchev–Trinajstić information content (AvgIpc) is 3.37. The van der Waals surface area contributed by atoms with Gasteiger partial charge in [-0.25, -0.2) is 8.42 Å². The Balaban J connectivity index is 1.45. The molecule has 1 aromatic heterocycles. The fraction of sp³-hybridized carbons (Fsp3) is 0.571. The maximum atomic E-state index is 13.2. The quantitative estimate of drug-likeness (QED) is 0.694. The molecule has 8 nitrogen and oxygen atoms in total. The first-order chi connectivity index (χ1) is 14.3. The summed E-state index contributed by atoms with van der Waals surface area (Å²) in [5, 5.41) is 3.87. The Morgan fingerprint density at radius 1 is 1.27 bits per heavy atom. The lowest BCUT2D eigenvalue weighted by Gasteiger charge is -2.27. The average molecular weight is 433 g/mol. The van der Waals surface area contributed by atoms with E-state index in [1.54, 1.807) is 17.9 Å². The molecule has 1 amide bonds. The lowest BCUT2D eigenvalue weighted by molar-refractivity contribution is -0.130. The second kappa shape index (κ2) is 8.47. The summed E-state index contributed by atoms with van der Waals surface area (Å²) < 4.78 is 33.0. The summed E-state index contributed by atoms with van der Waals surface area (Å²) in [7, 11) is -3.57. The monoisotopic (exact) mass is 432 g/mol. The van der Waals surface area contributed by atoms with E-state index in [4.69, 9.17) is 4.52 Å². The molecule has 1 unspecified atom stereocenters. The minimum atomic E-state index is -3.57. The summed E-state index contributed by atoms with van der Waals surface area (Å²) >= 11 is 0. The van der Waals surface area contributed by atoms with Crippen molar-refractivity contribution in [3.05, 3.63) is 41.0 Å². The number of hydrogen-bond acceptors (Lipinski definition) is 6. The molecule has 4 rings (SSSR count). The van der Waals surface area contributed by atoms with Crippen LogP contribution in [0.4, 0.5) is 0 Å². The van der Waals surface area contributed by atoms with Gasteiger partial charge in [-0.3, -0.25) is 4.79 Å². The second-order valence-electron chi connectivity index (χ2n) is 8.14. The molecular formula is C21H28N4O4S. The molecule has 9 heteroatoms. The van der Waals surface area contributed by atoms with Crippen LogP contribution in [0.15, 0.2) is 27.6 Å². The van der Waals surface area contributed by atoms with E-state index in [1.165, 1.54) is 16.8 Å². The van der Waals surface area contributed by atoms with Gasteiger partial charge in [-0.15, -0.1) is 0 Å². The van der Waals surface area contributed by atoms with Crippen molar-refractivity contribution in [1.29, 1.82) is 0 Å². The minimum Gasteiger partial charge on any atom is -0.340 e. The molecule has 162 valence electrons. The third-order valence-corrected chi connectivity index (χ3v) is 7.94. The van der Waals surface area contributed by atoms with E-state index in [2.05, 4.69) is 10.1 Å². The number of carbonyl (C=O) groups excluding carboxylic acids is 1. The Kier molecular flexibility index (Phi) is 5.92. The number of aryl methyl sites for hydroxylation is 3. The summed E-state index contributed by atoms with van der Waals surface area (Å²) in [6.07, 6.45) is 5.33. The Bertz CT molecular complexity index is 1030. The molecule has 1 saturated heterocycles. The van der Waals surface area contributed by atoms with Crippen molar-refractivity contribution < 1.29 is 17.7 Å². The van der Waals surface area contributed by atoms with Crippen LogP contribution in [0.3, 0.4) is 0 Å². The molecule has 1 aliphatic heterocycles. The third-order valence-electron chi connectivity index (χ3n) is 6.08. The first-order valence-corrected chi connectivity index (χ1v) is 12.0. The van der Waals surface area contributed by atoms with Gasteiger partial charge in [-0.2, -0.15) is 9.29 Å². The van der Waals surface area contributed by atoms with Crippen LogP contribution >= 0.6 is 0 Å². The Labute approximate surface area is 177 Å². The zero-order valence-electron chi connectivity index (χ0n) is 17.5. The summed E-state index contributed by atoms with van der Waals surface area (Å²) in [6.45, 7) is 4.40. The van der Waals surface area contributed by atoms with Crippen molar-refractivity contribution in [3.63, 3.8) is 0 Å². The zero-order valence-corrected chi connectivity index (χ0v) is 18.3. The van der Waals surface area contributed by atoms with Crippen LogP contribution in [-0.4, -0.2) is 59.3 Å². The number of nitrogens with zero attached hydrogens (tertiary/aromatic N) is 4. The highest BCUT2D eigenvalue weighted by Crippen LogP contribution is 2.28. The molecule has 0 radical (unpaired) electrons. The van der Waals surface area contributed by atoms with E-state index >= 15 is 0 Å². The summed E-state index contributed by atoms with van der Waals surface area (Å²) in [6, 6.07) is 5.39. The van der Waals surface area contributed by atoms with E-state index in [0.717, 1.165) is 31.2 Å². The van der Waals surface area contributed by atoms with E-state index in [0.29, 0.717) is 49.1 Å². The fourth-order valence-electron chi connectivity index (χ4n) is 4.46. The molecule has 0 spiro atoms. The molecule has 0 bridgehead atoms. The predicted molar refractivity (Wildman–Crippen MR) is 110 cm³/mol. The molecule has 2 heterocycles. The van der Waals surface area contributed by atoms with Gasteiger partial charge in [-0.05, 0) is 55.4 Å². The normalized spacial score (nSPS) is 19.6. The number of amides is 1. The Morgan fingerprint density at radius 3 is 2.73 bits per heavy atom. The molecule has 0 N–H and O–H groups in total. The van der Waals surface area contributed by atoms with Gasteiger partial charge in [0.05, 0.1) is 4.90 Å². The van der Waals surface area contributed by atoms with Crippen LogP contribution in [0.1, 0.15) is 49.0 Å². The molecular weight excluding hydrogens is 404 g/mol. The standard InChI is InChI=1S/C21H28N4O4S/c1-15-22-21(23-29-15)10-12-25(16(2)26)19-9-11-24(14-19)30(27,28)20-8-7-17-5-3-4-6-18(17)13-20/h7-8,13,19H,3-6,9-12,14H2,1-2H3. The lowest BCUT2D eigenvalue weighted by atomic mass is 9.92. The number of sulfonamides is 1. The lowest BCUT2D eigenvalue weighted by Crippen LogP contribution is -2.42. The highest BCUT2D eigenvalue weighted by Gasteiger charge is 2.36. The van der Waals surface area contributed by atoms with Crippen molar-refractivity contribution in [3.8, 4) is 0 Å². The molecule has 1 fully saturated rings. The van der Waals surface area contributed by atoms with Crippen molar-refractivity contribution in [2.24, 2.45) is 0 Å². The number of rotatable bonds is 6. The summed E-state index contributed by atoms with van der Waals surface area (Å²) in [5.74, 6) is 0.964. The molecule has 1 atom stereocenters. The van der Waals surface area contributed by atoms with Gasteiger partial charge in [-0.1, -0.05) is 11.2 Å². The highest BCUT2D eigenvalue weighted by atomic mass is 32.2. The molecule has 2 aromatic rings. The van der Waals surface area contributed by atoms with Gasteiger partial charge >= 0.3 is 0 Å². The van der Waals surface area contributed by atoms with Crippen LogP contribution in [0.25, 0.3) is 0 Å². The molecule has 30 heavy (non-hydrogen) atoms. The molecule has 1 aliphatic carbocycles. The van der Waals surface area contributed by atoms with E-state index in [9.17, 15) is 13.2 Å². The van der Waals surface area contributed by atoms with Crippen molar-refractivity contribution >= 4 is 15.9 Å². The first kappa shape index (κ1) is 21.0. The van der Waals surface area contributed by atoms with E-state index < -0.39 is 10.0 Å². The number of fused-ring (bicyclic) bond motifs is 1. The number of hydrogen-bond donors (Lipinski definition) is 0. The van der Waals surface area contributed by atoms with Gasteiger partial charge in [0, 0.05) is 45.9 Å². The third kappa shape index (κ3) is 4.27. The Hall–Kier alpha value is -2.26. The highest BCUT2D eigenvalue weighted by molar-refractivity contribution is 7.89. The predicted octanol–water partition coefficient (Wildman–Crippen LogP) is 2.11. The van der Waals surface area contributed by atoms with Crippen LogP contribution in [-0.2, 0) is 34.1 Å². The first-order valence-electron chi connectivity index (χ1n) is 10.5. The molecule has 1 aromatic carbocycles. The van der Waals surface area contributed by atoms with Gasteiger partial charge in [0.15, 0.2) is 5.82 Å². The fourth-order valence-corrected chi connectivity index (χ4v) is 6.01. The zero-order chi connectivity index (χ0) is 21.3. The summed E-state index contributed by atoms with van der Waals surface area (Å²) in [4.78, 5) is 18.5. The van der Waals surface area contributed by atoms with Gasteiger partial charge in [0.25, 0.3) is 0 Å². The Morgan fingerprint density at radius 2 is 2.03 bits per heavy atom. The SMILES string of the molecule is CC(=O)N(CCc1noc(C)n1)C1CCN(S(=O)(=O)c2ccc3c(c2)CCCC3)C1. The van der Waals surface area contributed by atoms with Gasteiger partial charge < -0.3 is 9.42 Å². The van der Waals surface area contributed by atoms with E-state index in [-0.39, 0.29) is 11.9 Å². The van der Waals surface area contributed by atoms with E-state index in [1.807, 2.05) is 12.1 Å². The van der Waals surface area contributed by atoms with Crippen LogP contribution in [0.2, 0.25) is 0 Å². The van der Waals surface area contributed by atoms with Gasteiger partial charge in [0.1, 0.15) is 0 Å². The molecule has 0 saturated carbocycles. The maximum Gasteiger partial charge on any atom is 0.243 e. The van der Waals surface area contributed by atoms with Crippen molar-refractivity contribution in [2.75, 3.05) is 19.6 Å². The molecule has 2 aliphatic rings. The summed E-state index contributed by atoms with van der Waals surface area (Å²) in [5.41, 5.74) is 2.41. The van der Waals surface area contributed by atoms with Gasteiger partial charge in [0.2, 0.25) is 21.8 Å². The number of carbonyl (C=O) groups is 1. The van der Waals surface area contributed by atoms with Crippen LogP contribution < -0.4 is 0 Å². The second-order valence-corrected chi connectivity index (χ2v) is 10.1. The number of aromatic nitrogens is 2. The maximum absolute atomic E-state index is 13.2.